The van der Waals surface area contributed by atoms with Crippen LogP contribution in [0.5, 0.6) is 0 Å². The second-order valence-corrected chi connectivity index (χ2v) is 6.67. The second-order valence-electron chi connectivity index (χ2n) is 5.71. The minimum absolute atomic E-state index is 0.507. The molecule has 1 aliphatic rings. The summed E-state index contributed by atoms with van der Waals surface area (Å²) in [6, 6.07) is 5.99. The quantitative estimate of drug-likeness (QED) is 0.570. The summed E-state index contributed by atoms with van der Waals surface area (Å²) in [5.74, 6) is 1.52. The summed E-state index contributed by atoms with van der Waals surface area (Å²) >= 11 is 1.57. The Morgan fingerprint density at radius 2 is 2.05 bits per heavy atom. The lowest BCUT2D eigenvalue weighted by Crippen LogP contribution is -2.01. The second kappa shape index (κ2) is 4.61. The Morgan fingerprint density at radius 1 is 1.14 bits per heavy atom. The zero-order valence-corrected chi connectivity index (χ0v) is 12.7. The molecule has 22 heavy (non-hydrogen) atoms. The van der Waals surface area contributed by atoms with Crippen LogP contribution in [-0.2, 0) is 0 Å². The highest BCUT2D eigenvalue weighted by Gasteiger charge is 2.24. The number of pyridine rings is 1. The van der Waals surface area contributed by atoms with Crippen LogP contribution in [0, 0.1) is 0 Å². The monoisotopic (exact) mass is 310 g/mol. The molecule has 0 unspecified atom stereocenters. The van der Waals surface area contributed by atoms with Gasteiger partial charge in [-0.05, 0) is 25.0 Å². The number of aromatic nitrogens is 6. The molecule has 1 aliphatic carbocycles. The lowest BCUT2D eigenvalue weighted by molar-refractivity contribution is 0.641. The molecule has 7 heteroatoms. The van der Waals surface area contributed by atoms with E-state index in [4.69, 9.17) is 5.10 Å². The predicted octanol–water partition coefficient (Wildman–Crippen LogP) is 3.16. The molecule has 4 aromatic rings. The van der Waals surface area contributed by atoms with E-state index in [9.17, 15) is 0 Å². The van der Waals surface area contributed by atoms with Crippen molar-refractivity contribution in [2.75, 3.05) is 0 Å². The predicted molar refractivity (Wildman–Crippen MR) is 84.1 cm³/mol. The Balaban J connectivity index is 1.66. The molecule has 4 heterocycles. The van der Waals surface area contributed by atoms with Gasteiger partial charge < -0.3 is 0 Å². The zero-order chi connectivity index (χ0) is 14.5. The third-order valence-electron chi connectivity index (χ3n) is 4.37. The maximum absolute atomic E-state index is 4.76. The molecule has 6 nitrogen and oxygen atoms in total. The number of fused-ring (bicyclic) bond motifs is 2. The van der Waals surface area contributed by atoms with Crippen LogP contribution in [0.15, 0.2) is 30.6 Å². The van der Waals surface area contributed by atoms with E-state index in [0.29, 0.717) is 5.92 Å². The van der Waals surface area contributed by atoms with Gasteiger partial charge in [0.1, 0.15) is 11.3 Å². The first-order valence-corrected chi connectivity index (χ1v) is 8.36. The number of hydrogen-bond acceptors (Lipinski definition) is 5. The molecule has 0 saturated heterocycles. The van der Waals surface area contributed by atoms with E-state index >= 15 is 0 Å². The highest BCUT2D eigenvalue weighted by atomic mass is 32.1. The summed E-state index contributed by atoms with van der Waals surface area (Å²) in [6.45, 7) is 0. The SMILES string of the molecule is c1ccn2c(-c3nn4c(C5CCCC5)nnc4s3)cnc2c1. The summed E-state index contributed by atoms with van der Waals surface area (Å²) in [6.07, 6.45) is 8.84. The van der Waals surface area contributed by atoms with Gasteiger partial charge in [0.2, 0.25) is 4.96 Å². The fraction of sp³-hybridized carbons (Fsp3) is 0.333. The number of nitrogens with zero attached hydrogens (tertiary/aromatic N) is 6. The molecule has 0 bridgehead atoms. The van der Waals surface area contributed by atoms with Gasteiger partial charge in [-0.15, -0.1) is 10.2 Å². The molecule has 1 saturated carbocycles. The third kappa shape index (κ3) is 1.72. The fourth-order valence-electron chi connectivity index (χ4n) is 3.26. The summed E-state index contributed by atoms with van der Waals surface area (Å²) in [5, 5.41) is 14.4. The number of rotatable bonds is 2. The van der Waals surface area contributed by atoms with Crippen LogP contribution in [-0.4, -0.2) is 29.2 Å². The first-order chi connectivity index (χ1) is 10.9. The van der Waals surface area contributed by atoms with E-state index < -0.39 is 0 Å². The first-order valence-electron chi connectivity index (χ1n) is 7.55. The van der Waals surface area contributed by atoms with Gasteiger partial charge in [0.15, 0.2) is 10.8 Å². The van der Waals surface area contributed by atoms with E-state index in [1.807, 2.05) is 35.1 Å². The lowest BCUT2D eigenvalue weighted by Gasteiger charge is -2.03. The van der Waals surface area contributed by atoms with Crippen LogP contribution in [0.3, 0.4) is 0 Å². The van der Waals surface area contributed by atoms with E-state index in [1.165, 1.54) is 25.7 Å². The standard InChI is InChI=1S/C15H14N6S/c1-2-6-10(5-1)13-17-18-15-21(13)19-14(22-15)11-9-16-12-7-3-4-8-20(11)12/h3-4,7-10H,1-2,5-6H2. The van der Waals surface area contributed by atoms with Crippen LogP contribution >= 0.6 is 11.3 Å². The van der Waals surface area contributed by atoms with Crippen molar-refractivity contribution in [1.29, 1.82) is 0 Å². The van der Waals surface area contributed by atoms with E-state index in [-0.39, 0.29) is 0 Å². The molecule has 0 spiro atoms. The summed E-state index contributed by atoms with van der Waals surface area (Å²) in [7, 11) is 0. The van der Waals surface area contributed by atoms with Crippen molar-refractivity contribution >= 4 is 21.9 Å². The molecule has 4 aromatic heterocycles. The Bertz CT molecular complexity index is 959. The molecule has 0 aliphatic heterocycles. The van der Waals surface area contributed by atoms with Gasteiger partial charge in [-0.1, -0.05) is 30.2 Å². The fourth-order valence-corrected chi connectivity index (χ4v) is 4.12. The zero-order valence-electron chi connectivity index (χ0n) is 11.9. The number of imidazole rings is 1. The van der Waals surface area contributed by atoms with E-state index in [2.05, 4.69) is 19.6 Å². The van der Waals surface area contributed by atoms with Gasteiger partial charge in [0.05, 0.1) is 6.20 Å². The van der Waals surface area contributed by atoms with Crippen molar-refractivity contribution in [2.24, 2.45) is 0 Å². The van der Waals surface area contributed by atoms with Crippen LogP contribution < -0.4 is 0 Å². The molecular formula is C15H14N6S. The van der Waals surface area contributed by atoms with Crippen molar-refractivity contribution in [1.82, 2.24) is 29.2 Å². The van der Waals surface area contributed by atoms with Crippen LogP contribution in [0.25, 0.3) is 21.3 Å². The molecule has 5 rings (SSSR count). The van der Waals surface area contributed by atoms with Crippen molar-refractivity contribution in [2.45, 2.75) is 31.6 Å². The third-order valence-corrected chi connectivity index (χ3v) is 5.29. The molecule has 0 atom stereocenters. The van der Waals surface area contributed by atoms with Gasteiger partial charge in [-0.2, -0.15) is 9.61 Å². The molecule has 110 valence electrons. The first kappa shape index (κ1) is 12.3. The largest absolute Gasteiger partial charge is 0.297 e. The van der Waals surface area contributed by atoms with Crippen LogP contribution in [0.1, 0.15) is 37.4 Å². The maximum atomic E-state index is 4.76. The van der Waals surface area contributed by atoms with Gasteiger partial charge in [-0.25, -0.2) is 4.98 Å². The van der Waals surface area contributed by atoms with Crippen LogP contribution in [0.4, 0.5) is 0 Å². The molecule has 0 aromatic carbocycles. The van der Waals surface area contributed by atoms with Gasteiger partial charge in [-0.3, -0.25) is 4.40 Å². The van der Waals surface area contributed by atoms with Crippen molar-refractivity contribution in [3.05, 3.63) is 36.4 Å². The molecule has 0 amide bonds. The van der Waals surface area contributed by atoms with Crippen molar-refractivity contribution < 1.29 is 0 Å². The minimum atomic E-state index is 0.507. The number of hydrogen-bond donors (Lipinski definition) is 0. The Kier molecular flexibility index (Phi) is 2.57. The highest BCUT2D eigenvalue weighted by molar-refractivity contribution is 7.19. The van der Waals surface area contributed by atoms with Crippen molar-refractivity contribution in [3.8, 4) is 10.7 Å². The Hall–Kier alpha value is -2.28. The smallest absolute Gasteiger partial charge is 0.235 e. The van der Waals surface area contributed by atoms with Gasteiger partial charge >= 0.3 is 0 Å². The summed E-state index contributed by atoms with van der Waals surface area (Å²) in [4.78, 5) is 5.30. The topological polar surface area (TPSA) is 60.4 Å². The normalized spacial score (nSPS) is 16.2. The Morgan fingerprint density at radius 3 is 2.95 bits per heavy atom. The molecule has 0 radical (unpaired) electrons. The van der Waals surface area contributed by atoms with Crippen molar-refractivity contribution in [3.63, 3.8) is 0 Å². The summed E-state index contributed by atoms with van der Waals surface area (Å²) in [5.41, 5.74) is 1.93. The molecular weight excluding hydrogens is 296 g/mol. The average molecular weight is 310 g/mol. The molecule has 0 N–H and O–H groups in total. The van der Waals surface area contributed by atoms with E-state index in [0.717, 1.165) is 27.1 Å². The Labute approximate surface area is 130 Å². The van der Waals surface area contributed by atoms with Crippen LogP contribution in [0.2, 0.25) is 0 Å². The highest BCUT2D eigenvalue weighted by Crippen LogP contribution is 2.34. The summed E-state index contributed by atoms with van der Waals surface area (Å²) < 4.78 is 3.99. The maximum Gasteiger partial charge on any atom is 0.235 e. The van der Waals surface area contributed by atoms with Gasteiger partial charge in [0.25, 0.3) is 0 Å². The molecule has 1 fully saturated rings. The van der Waals surface area contributed by atoms with Gasteiger partial charge in [0, 0.05) is 12.1 Å². The average Bonchev–Trinajstić information content (AvgIpc) is 3.29. The minimum Gasteiger partial charge on any atom is -0.297 e. The van der Waals surface area contributed by atoms with E-state index in [1.54, 1.807) is 11.3 Å². The lowest BCUT2D eigenvalue weighted by atomic mass is 10.1.